The average molecular weight is 302 g/mol. The molecule has 1 N–H and O–H groups in total. The third-order valence-corrected chi connectivity index (χ3v) is 4.08. The monoisotopic (exact) mass is 301 g/mol. The summed E-state index contributed by atoms with van der Waals surface area (Å²) in [5.41, 5.74) is 0. The van der Waals surface area contributed by atoms with Crippen LogP contribution in [0.2, 0.25) is 5.02 Å². The normalized spacial score (nSPS) is 11.9. The molecule has 0 radical (unpaired) electrons. The molecule has 0 aliphatic heterocycles. The second-order valence-corrected chi connectivity index (χ2v) is 5.66. The Balaban J connectivity index is 2.47. The Morgan fingerprint density at radius 1 is 1.42 bits per heavy atom. The Morgan fingerprint density at radius 2 is 2.05 bits per heavy atom. The Hall–Kier alpha value is -1.20. The number of hydrogen-bond donors (Lipinski definition) is 1. The molecule has 0 bridgehead atoms. The van der Waals surface area contributed by atoms with Crippen LogP contribution in [0.25, 0.3) is 0 Å². The molecule has 1 aromatic rings. The van der Waals surface area contributed by atoms with Crippen molar-refractivity contribution in [3.05, 3.63) is 29.3 Å². The maximum absolute atomic E-state index is 11.9. The van der Waals surface area contributed by atoms with E-state index in [1.54, 1.807) is 20.0 Å². The molecule has 1 aromatic carbocycles. The maximum atomic E-state index is 11.9. The van der Waals surface area contributed by atoms with Crippen LogP contribution >= 0.6 is 23.4 Å². The number of nitrogens with zero attached hydrogens (tertiary/aromatic N) is 1. The van der Waals surface area contributed by atoms with Gasteiger partial charge in [-0.2, -0.15) is 0 Å². The van der Waals surface area contributed by atoms with Crippen LogP contribution in [0.5, 0.6) is 0 Å². The van der Waals surface area contributed by atoms with Crippen molar-refractivity contribution in [2.75, 3.05) is 19.3 Å². The lowest BCUT2D eigenvalue weighted by Gasteiger charge is -2.19. The second-order valence-electron chi connectivity index (χ2n) is 4.23. The maximum Gasteiger partial charge on any atom is 0.308 e. The smallest absolute Gasteiger partial charge is 0.308 e. The van der Waals surface area contributed by atoms with Gasteiger partial charge in [0.15, 0.2) is 0 Å². The van der Waals surface area contributed by atoms with Crippen LogP contribution in [-0.4, -0.2) is 41.2 Å². The molecular formula is C13H16ClNO3S. The van der Waals surface area contributed by atoms with Crippen molar-refractivity contribution in [1.29, 1.82) is 0 Å². The van der Waals surface area contributed by atoms with Gasteiger partial charge in [0, 0.05) is 18.5 Å². The quantitative estimate of drug-likeness (QED) is 0.821. The van der Waals surface area contributed by atoms with Gasteiger partial charge in [-0.3, -0.25) is 9.59 Å². The molecule has 1 rings (SSSR count). The highest BCUT2D eigenvalue weighted by atomic mass is 35.5. The summed E-state index contributed by atoms with van der Waals surface area (Å²) in [5.74, 6) is -1.34. The number of carbonyl (C=O) groups excluding carboxylic acids is 1. The molecule has 0 heterocycles. The van der Waals surface area contributed by atoms with Crippen molar-refractivity contribution in [1.82, 2.24) is 4.90 Å². The van der Waals surface area contributed by atoms with E-state index in [1.165, 1.54) is 16.7 Å². The topological polar surface area (TPSA) is 57.6 Å². The summed E-state index contributed by atoms with van der Waals surface area (Å²) in [5, 5.41) is 9.41. The third kappa shape index (κ3) is 5.12. The standard InChI is InChI=1S/C13H16ClNO3S/c1-9(13(17)18)7-15(2)12(16)8-19-11-6-4-3-5-10(11)14/h3-6,9H,7-8H2,1-2H3,(H,17,18). The molecule has 1 unspecified atom stereocenters. The van der Waals surface area contributed by atoms with Gasteiger partial charge in [-0.1, -0.05) is 30.7 Å². The zero-order chi connectivity index (χ0) is 14.4. The summed E-state index contributed by atoms with van der Waals surface area (Å²) in [6.07, 6.45) is 0. The van der Waals surface area contributed by atoms with Gasteiger partial charge >= 0.3 is 5.97 Å². The summed E-state index contributed by atoms with van der Waals surface area (Å²) in [4.78, 5) is 24.9. The van der Waals surface area contributed by atoms with E-state index in [-0.39, 0.29) is 18.2 Å². The minimum absolute atomic E-state index is 0.113. The molecule has 0 spiro atoms. The Labute approximate surface area is 121 Å². The van der Waals surface area contributed by atoms with Gasteiger partial charge in [0.2, 0.25) is 5.91 Å². The second kappa shape index (κ2) is 7.40. The van der Waals surface area contributed by atoms with Gasteiger partial charge in [-0.05, 0) is 12.1 Å². The van der Waals surface area contributed by atoms with Gasteiger partial charge in [0.05, 0.1) is 16.7 Å². The van der Waals surface area contributed by atoms with Gasteiger partial charge in [-0.15, -0.1) is 11.8 Å². The Kier molecular flexibility index (Phi) is 6.18. The first-order chi connectivity index (χ1) is 8.91. The predicted octanol–water partition coefficient (Wildman–Crippen LogP) is 2.61. The highest BCUT2D eigenvalue weighted by Crippen LogP contribution is 2.26. The number of rotatable bonds is 6. The van der Waals surface area contributed by atoms with E-state index in [9.17, 15) is 9.59 Å². The van der Waals surface area contributed by atoms with Crippen molar-refractivity contribution in [3.8, 4) is 0 Å². The van der Waals surface area contributed by atoms with Gasteiger partial charge in [-0.25, -0.2) is 0 Å². The Bertz CT molecular complexity index is 467. The number of aliphatic carboxylic acids is 1. The van der Waals surface area contributed by atoms with Crippen molar-refractivity contribution in [2.45, 2.75) is 11.8 Å². The summed E-state index contributed by atoms with van der Waals surface area (Å²) < 4.78 is 0. The van der Waals surface area contributed by atoms with Crippen LogP contribution in [0.1, 0.15) is 6.92 Å². The molecule has 0 aromatic heterocycles. The van der Waals surface area contributed by atoms with Crippen LogP contribution in [0.3, 0.4) is 0 Å². The summed E-state index contributed by atoms with van der Waals surface area (Å²) >= 11 is 7.34. The number of hydrogen-bond acceptors (Lipinski definition) is 3. The van der Waals surface area contributed by atoms with Crippen LogP contribution in [0, 0.1) is 5.92 Å². The highest BCUT2D eigenvalue weighted by molar-refractivity contribution is 8.00. The molecular weight excluding hydrogens is 286 g/mol. The fourth-order valence-corrected chi connectivity index (χ4v) is 2.58. The first kappa shape index (κ1) is 15.9. The molecule has 0 saturated heterocycles. The predicted molar refractivity (Wildman–Crippen MR) is 76.6 cm³/mol. The lowest BCUT2D eigenvalue weighted by molar-refractivity contribution is -0.142. The molecule has 4 nitrogen and oxygen atoms in total. The largest absolute Gasteiger partial charge is 0.481 e. The fraction of sp³-hybridized carbons (Fsp3) is 0.385. The zero-order valence-electron chi connectivity index (χ0n) is 10.8. The average Bonchev–Trinajstić information content (AvgIpc) is 2.37. The third-order valence-electron chi connectivity index (χ3n) is 2.58. The fourth-order valence-electron chi connectivity index (χ4n) is 1.40. The van der Waals surface area contributed by atoms with Crippen LogP contribution in [0.4, 0.5) is 0 Å². The summed E-state index contributed by atoms with van der Waals surface area (Å²) in [6.45, 7) is 1.78. The SMILES string of the molecule is CC(CN(C)C(=O)CSc1ccccc1Cl)C(=O)O. The molecule has 0 saturated carbocycles. The number of carboxylic acids is 1. The molecule has 1 atom stereocenters. The molecule has 104 valence electrons. The van der Waals surface area contributed by atoms with E-state index in [0.717, 1.165) is 4.90 Å². The molecule has 6 heteroatoms. The number of thioether (sulfide) groups is 1. The van der Waals surface area contributed by atoms with Crippen LogP contribution in [-0.2, 0) is 9.59 Å². The van der Waals surface area contributed by atoms with Gasteiger partial charge in [0.1, 0.15) is 0 Å². The van der Waals surface area contributed by atoms with Gasteiger partial charge in [0.25, 0.3) is 0 Å². The van der Waals surface area contributed by atoms with Crippen molar-refractivity contribution < 1.29 is 14.7 Å². The molecule has 1 amide bonds. The molecule has 0 aliphatic carbocycles. The molecule has 0 fully saturated rings. The summed E-state index contributed by atoms with van der Waals surface area (Å²) in [7, 11) is 1.61. The minimum Gasteiger partial charge on any atom is -0.481 e. The number of amides is 1. The van der Waals surface area contributed by atoms with E-state index in [1.807, 2.05) is 18.2 Å². The lowest BCUT2D eigenvalue weighted by Crippen LogP contribution is -2.34. The molecule has 19 heavy (non-hydrogen) atoms. The number of carboxylic acid groups (broad SMARTS) is 1. The zero-order valence-corrected chi connectivity index (χ0v) is 12.4. The minimum atomic E-state index is -0.904. The molecule has 0 aliphatic rings. The van der Waals surface area contributed by atoms with Crippen LogP contribution in [0.15, 0.2) is 29.2 Å². The van der Waals surface area contributed by atoms with Crippen molar-refractivity contribution in [2.24, 2.45) is 5.92 Å². The first-order valence-electron chi connectivity index (χ1n) is 5.76. The number of halogens is 1. The van der Waals surface area contributed by atoms with Crippen LogP contribution < -0.4 is 0 Å². The van der Waals surface area contributed by atoms with E-state index < -0.39 is 11.9 Å². The van der Waals surface area contributed by atoms with Crippen molar-refractivity contribution >= 4 is 35.2 Å². The number of benzene rings is 1. The summed E-state index contributed by atoms with van der Waals surface area (Å²) in [6, 6.07) is 7.30. The number of carbonyl (C=O) groups is 2. The van der Waals surface area contributed by atoms with E-state index >= 15 is 0 Å². The van der Waals surface area contributed by atoms with E-state index in [2.05, 4.69) is 0 Å². The Morgan fingerprint density at radius 3 is 2.63 bits per heavy atom. The highest BCUT2D eigenvalue weighted by Gasteiger charge is 2.17. The van der Waals surface area contributed by atoms with Crippen molar-refractivity contribution in [3.63, 3.8) is 0 Å². The lowest BCUT2D eigenvalue weighted by atomic mass is 10.2. The first-order valence-corrected chi connectivity index (χ1v) is 7.12. The van der Waals surface area contributed by atoms with E-state index in [4.69, 9.17) is 16.7 Å². The van der Waals surface area contributed by atoms with Gasteiger partial charge < -0.3 is 10.0 Å². The van der Waals surface area contributed by atoms with E-state index in [0.29, 0.717) is 5.02 Å².